The highest BCUT2D eigenvalue weighted by molar-refractivity contribution is 5.86. The molecule has 5 heteroatoms. The highest BCUT2D eigenvalue weighted by Gasteiger charge is 2.48. The Kier molecular flexibility index (Phi) is 4.55. The van der Waals surface area contributed by atoms with Crippen LogP contribution < -0.4 is 4.74 Å². The number of hydrogen-bond donors (Lipinski definition) is 0. The molecule has 2 saturated heterocycles. The summed E-state index contributed by atoms with van der Waals surface area (Å²) in [7, 11) is 1.86. The molecule has 2 heterocycles. The molecule has 23 heavy (non-hydrogen) atoms. The van der Waals surface area contributed by atoms with Gasteiger partial charge in [0.15, 0.2) is 0 Å². The molecule has 2 aliphatic rings. The smallest absolute Gasteiger partial charge is 0.230 e. The molecule has 0 saturated carbocycles. The van der Waals surface area contributed by atoms with Gasteiger partial charge >= 0.3 is 0 Å². The fraction of sp³-hybridized carbons (Fsp3) is 0.556. The first-order valence-electron chi connectivity index (χ1n) is 8.32. The number of nitrogens with zero attached hydrogens (tertiary/aromatic N) is 2. The van der Waals surface area contributed by atoms with Crippen molar-refractivity contribution >= 4 is 11.8 Å². The molecular weight excluding hydrogens is 292 g/mol. The van der Waals surface area contributed by atoms with Gasteiger partial charge in [-0.05, 0) is 31.4 Å². The van der Waals surface area contributed by atoms with Gasteiger partial charge in [-0.3, -0.25) is 9.59 Å². The van der Waals surface area contributed by atoms with Gasteiger partial charge < -0.3 is 14.5 Å². The van der Waals surface area contributed by atoms with E-state index in [-0.39, 0.29) is 17.2 Å². The summed E-state index contributed by atoms with van der Waals surface area (Å²) in [5.74, 6) is 1.07. The number of hydrogen-bond acceptors (Lipinski definition) is 3. The molecule has 0 aromatic heterocycles. The quantitative estimate of drug-likeness (QED) is 0.853. The average molecular weight is 316 g/mol. The zero-order valence-corrected chi connectivity index (χ0v) is 13.7. The van der Waals surface area contributed by atoms with E-state index in [4.69, 9.17) is 4.74 Å². The maximum absolute atomic E-state index is 12.5. The molecule has 1 aromatic carbocycles. The Bertz CT molecular complexity index is 575. The number of carbonyl (C=O) groups is 2. The van der Waals surface area contributed by atoms with Gasteiger partial charge in [0.25, 0.3) is 0 Å². The van der Waals surface area contributed by atoms with Crippen molar-refractivity contribution in [1.82, 2.24) is 9.80 Å². The number of piperidine rings is 1. The predicted octanol–water partition coefficient (Wildman–Crippen LogP) is 1.93. The van der Waals surface area contributed by atoms with Gasteiger partial charge in [0, 0.05) is 26.7 Å². The highest BCUT2D eigenvalue weighted by atomic mass is 16.5. The van der Waals surface area contributed by atoms with E-state index in [9.17, 15) is 9.59 Å². The Hall–Kier alpha value is -2.04. The Balaban J connectivity index is 1.50. The van der Waals surface area contributed by atoms with Crippen molar-refractivity contribution in [2.24, 2.45) is 5.41 Å². The summed E-state index contributed by atoms with van der Waals surface area (Å²) in [6.45, 7) is 2.46. The monoisotopic (exact) mass is 316 g/mol. The van der Waals surface area contributed by atoms with Gasteiger partial charge in [-0.2, -0.15) is 0 Å². The SMILES string of the molecule is CN1CCC[C@@]2(CCN(C(=O)CCOc3ccccc3)C2)C1=O. The Labute approximate surface area is 137 Å². The van der Waals surface area contributed by atoms with Crippen molar-refractivity contribution in [2.45, 2.75) is 25.7 Å². The molecule has 1 aromatic rings. The Morgan fingerprint density at radius 2 is 2.00 bits per heavy atom. The lowest BCUT2D eigenvalue weighted by molar-refractivity contribution is -0.144. The van der Waals surface area contributed by atoms with E-state index in [1.807, 2.05) is 47.2 Å². The molecule has 2 fully saturated rings. The minimum absolute atomic E-state index is 0.0823. The second-order valence-corrected chi connectivity index (χ2v) is 6.59. The topological polar surface area (TPSA) is 49.9 Å². The van der Waals surface area contributed by atoms with Crippen LogP contribution in [-0.4, -0.2) is 54.9 Å². The first kappa shape index (κ1) is 15.8. The van der Waals surface area contributed by atoms with Gasteiger partial charge in [0.05, 0.1) is 18.4 Å². The zero-order chi connectivity index (χ0) is 16.3. The van der Waals surface area contributed by atoms with Gasteiger partial charge in [-0.25, -0.2) is 0 Å². The average Bonchev–Trinajstić information content (AvgIpc) is 2.99. The summed E-state index contributed by atoms with van der Waals surface area (Å²) in [6.07, 6.45) is 3.08. The number of carbonyl (C=O) groups excluding carboxylic acids is 2. The molecule has 0 unspecified atom stereocenters. The van der Waals surface area contributed by atoms with E-state index in [0.717, 1.165) is 31.6 Å². The molecule has 1 spiro atoms. The maximum Gasteiger partial charge on any atom is 0.230 e. The molecule has 5 nitrogen and oxygen atoms in total. The van der Waals surface area contributed by atoms with Crippen LogP contribution in [0.3, 0.4) is 0 Å². The third-order valence-electron chi connectivity index (χ3n) is 4.98. The van der Waals surface area contributed by atoms with Crippen molar-refractivity contribution in [1.29, 1.82) is 0 Å². The van der Waals surface area contributed by atoms with Crippen molar-refractivity contribution < 1.29 is 14.3 Å². The van der Waals surface area contributed by atoms with Gasteiger partial charge in [-0.15, -0.1) is 0 Å². The van der Waals surface area contributed by atoms with Gasteiger partial charge in [-0.1, -0.05) is 18.2 Å². The largest absolute Gasteiger partial charge is 0.493 e. The first-order chi connectivity index (χ1) is 11.1. The second-order valence-electron chi connectivity index (χ2n) is 6.59. The van der Waals surface area contributed by atoms with Crippen LogP contribution in [0.1, 0.15) is 25.7 Å². The molecule has 0 aliphatic carbocycles. The molecule has 124 valence electrons. The van der Waals surface area contributed by atoms with E-state index in [1.165, 1.54) is 0 Å². The molecule has 0 radical (unpaired) electrons. The lowest BCUT2D eigenvalue weighted by Gasteiger charge is -2.37. The van der Waals surface area contributed by atoms with Crippen LogP contribution in [0.4, 0.5) is 0 Å². The normalized spacial score (nSPS) is 24.3. The molecule has 2 amide bonds. The molecule has 0 bridgehead atoms. The highest BCUT2D eigenvalue weighted by Crippen LogP contribution is 2.39. The zero-order valence-electron chi connectivity index (χ0n) is 13.7. The summed E-state index contributed by atoms with van der Waals surface area (Å²) in [5.41, 5.74) is -0.330. The lowest BCUT2D eigenvalue weighted by atomic mass is 9.78. The van der Waals surface area contributed by atoms with E-state index in [1.54, 1.807) is 0 Å². The van der Waals surface area contributed by atoms with E-state index >= 15 is 0 Å². The van der Waals surface area contributed by atoms with Crippen LogP contribution in [0, 0.1) is 5.41 Å². The van der Waals surface area contributed by atoms with Crippen molar-refractivity contribution in [2.75, 3.05) is 33.3 Å². The Morgan fingerprint density at radius 1 is 1.22 bits per heavy atom. The third-order valence-corrected chi connectivity index (χ3v) is 4.98. The van der Waals surface area contributed by atoms with Crippen LogP contribution in [0.15, 0.2) is 30.3 Å². The minimum Gasteiger partial charge on any atom is -0.493 e. The fourth-order valence-electron chi connectivity index (χ4n) is 3.66. The van der Waals surface area contributed by atoms with Gasteiger partial charge in [0.2, 0.25) is 11.8 Å². The van der Waals surface area contributed by atoms with Crippen LogP contribution in [-0.2, 0) is 9.59 Å². The molecule has 2 aliphatic heterocycles. The summed E-state index contributed by atoms with van der Waals surface area (Å²) in [5, 5.41) is 0. The van der Waals surface area contributed by atoms with E-state index < -0.39 is 0 Å². The van der Waals surface area contributed by atoms with E-state index in [0.29, 0.717) is 26.1 Å². The molecule has 3 rings (SSSR count). The standard InChI is InChI=1S/C18H24N2O3/c1-19-11-5-9-18(17(19)22)10-12-20(14-18)16(21)8-13-23-15-6-3-2-4-7-15/h2-4,6-7H,5,8-14H2,1H3/t18-/m0/s1. The second kappa shape index (κ2) is 6.60. The summed E-state index contributed by atoms with van der Waals surface area (Å²) in [6, 6.07) is 9.51. The number of rotatable bonds is 4. The summed E-state index contributed by atoms with van der Waals surface area (Å²) >= 11 is 0. The number of likely N-dealkylation sites (tertiary alicyclic amines) is 2. The number of benzene rings is 1. The Morgan fingerprint density at radius 3 is 2.78 bits per heavy atom. The number of amides is 2. The van der Waals surface area contributed by atoms with Crippen LogP contribution in [0.5, 0.6) is 5.75 Å². The first-order valence-corrected chi connectivity index (χ1v) is 8.32. The van der Waals surface area contributed by atoms with Crippen molar-refractivity contribution in [3.05, 3.63) is 30.3 Å². The van der Waals surface area contributed by atoms with Gasteiger partial charge in [0.1, 0.15) is 5.75 Å². The third kappa shape index (κ3) is 3.33. The van der Waals surface area contributed by atoms with Crippen LogP contribution in [0.2, 0.25) is 0 Å². The summed E-state index contributed by atoms with van der Waals surface area (Å²) in [4.78, 5) is 28.5. The molecule has 1 atom stereocenters. The predicted molar refractivity (Wildman–Crippen MR) is 87.1 cm³/mol. The summed E-state index contributed by atoms with van der Waals surface area (Å²) < 4.78 is 5.59. The molecular formula is C18H24N2O3. The maximum atomic E-state index is 12.5. The minimum atomic E-state index is -0.330. The fourth-order valence-corrected chi connectivity index (χ4v) is 3.66. The lowest BCUT2D eigenvalue weighted by Crippen LogP contribution is -2.48. The van der Waals surface area contributed by atoms with E-state index in [2.05, 4.69) is 0 Å². The van der Waals surface area contributed by atoms with Crippen LogP contribution in [0.25, 0.3) is 0 Å². The number of para-hydroxylation sites is 1. The number of ether oxygens (including phenoxy) is 1. The molecule has 0 N–H and O–H groups in total. The van der Waals surface area contributed by atoms with Crippen molar-refractivity contribution in [3.63, 3.8) is 0 Å². The van der Waals surface area contributed by atoms with Crippen LogP contribution >= 0.6 is 0 Å². The van der Waals surface area contributed by atoms with Crippen molar-refractivity contribution in [3.8, 4) is 5.75 Å².